The molecule has 2 aromatic rings. The Hall–Kier alpha value is -1.97. The topological polar surface area (TPSA) is 69.9 Å². The van der Waals surface area contributed by atoms with Crippen LogP contribution in [0.1, 0.15) is 22.3 Å². The van der Waals surface area contributed by atoms with Crippen molar-refractivity contribution in [2.24, 2.45) is 0 Å². The summed E-state index contributed by atoms with van der Waals surface area (Å²) in [7, 11) is 0. The van der Waals surface area contributed by atoms with E-state index in [0.29, 0.717) is 6.20 Å². The van der Waals surface area contributed by atoms with E-state index in [-0.39, 0.29) is 16.7 Å². The van der Waals surface area contributed by atoms with Gasteiger partial charge in [-0.1, -0.05) is 11.3 Å². The average Bonchev–Trinajstić information content (AvgIpc) is 2.97. The molecule has 0 spiro atoms. The summed E-state index contributed by atoms with van der Waals surface area (Å²) in [5.41, 5.74) is -0.902. The molecular weight excluding hydrogens is 285 g/mol. The van der Waals surface area contributed by atoms with Gasteiger partial charge in [0.05, 0.1) is 18.4 Å². The highest BCUT2D eigenvalue weighted by Crippen LogP contribution is 2.29. The molecule has 19 heavy (non-hydrogen) atoms. The van der Waals surface area contributed by atoms with Crippen LogP contribution in [0.2, 0.25) is 0 Å². The summed E-state index contributed by atoms with van der Waals surface area (Å²) < 4.78 is 42.8. The Morgan fingerprint density at radius 2 is 2.21 bits per heavy atom. The van der Waals surface area contributed by atoms with E-state index in [2.05, 4.69) is 15.3 Å². The highest BCUT2D eigenvalue weighted by molar-refractivity contribution is 7.15. The van der Waals surface area contributed by atoms with Crippen LogP contribution in [0.5, 0.6) is 0 Å². The minimum atomic E-state index is -4.48. The van der Waals surface area contributed by atoms with Gasteiger partial charge in [-0.05, 0) is 6.92 Å². The molecule has 0 amide bonds. The predicted octanol–water partition coefficient (Wildman–Crippen LogP) is 1.92. The molecule has 0 fully saturated rings. The Balaban J connectivity index is 2.23. The summed E-state index contributed by atoms with van der Waals surface area (Å²) >= 11 is 0.794. The molecule has 0 aromatic carbocycles. The molecule has 0 saturated heterocycles. The average molecular weight is 292 g/mol. The summed E-state index contributed by atoms with van der Waals surface area (Å²) in [5, 5.41) is 10.7. The number of alkyl halides is 3. The van der Waals surface area contributed by atoms with Gasteiger partial charge in [-0.2, -0.15) is 18.3 Å². The second-order valence-electron chi connectivity index (χ2n) is 3.28. The molecule has 2 aromatic heterocycles. The van der Waals surface area contributed by atoms with E-state index in [1.54, 1.807) is 6.92 Å². The molecule has 0 aliphatic heterocycles. The zero-order valence-electron chi connectivity index (χ0n) is 9.51. The zero-order chi connectivity index (χ0) is 14.0. The highest BCUT2D eigenvalue weighted by atomic mass is 32.1. The van der Waals surface area contributed by atoms with Crippen LogP contribution in [0.4, 0.5) is 13.2 Å². The quantitative estimate of drug-likeness (QED) is 0.808. The molecular formula is C9H7F3N4O2S. The van der Waals surface area contributed by atoms with Gasteiger partial charge in [0.15, 0.2) is 0 Å². The fraction of sp³-hybridized carbons (Fsp3) is 0.333. The molecule has 0 atom stereocenters. The van der Waals surface area contributed by atoms with Crippen LogP contribution in [-0.4, -0.2) is 32.6 Å². The van der Waals surface area contributed by atoms with Crippen molar-refractivity contribution < 1.29 is 22.7 Å². The van der Waals surface area contributed by atoms with Crippen molar-refractivity contribution in [3.63, 3.8) is 0 Å². The van der Waals surface area contributed by atoms with Crippen LogP contribution in [-0.2, 0) is 10.9 Å². The summed E-state index contributed by atoms with van der Waals surface area (Å²) in [6, 6.07) is 0. The molecule has 2 heterocycles. The predicted molar refractivity (Wildman–Crippen MR) is 58.0 cm³/mol. The van der Waals surface area contributed by atoms with Crippen molar-refractivity contribution >= 4 is 17.3 Å². The lowest BCUT2D eigenvalue weighted by Gasteiger charge is -1.99. The highest BCUT2D eigenvalue weighted by Gasteiger charge is 2.32. The van der Waals surface area contributed by atoms with Crippen molar-refractivity contribution in [2.45, 2.75) is 13.1 Å². The number of carbonyl (C=O) groups is 1. The van der Waals surface area contributed by atoms with Gasteiger partial charge in [-0.25, -0.2) is 9.48 Å². The molecule has 0 unspecified atom stereocenters. The number of esters is 1. The molecule has 6 nitrogen and oxygen atoms in total. The molecule has 0 N–H and O–H groups in total. The lowest BCUT2D eigenvalue weighted by molar-refractivity contribution is -0.137. The normalized spacial score (nSPS) is 11.6. The fourth-order valence-electron chi connectivity index (χ4n) is 1.16. The fourth-order valence-corrected chi connectivity index (χ4v) is 1.83. The van der Waals surface area contributed by atoms with Crippen LogP contribution >= 0.6 is 11.3 Å². The Morgan fingerprint density at radius 3 is 2.79 bits per heavy atom. The molecule has 0 aliphatic rings. The Morgan fingerprint density at radius 1 is 1.47 bits per heavy atom. The molecule has 0 bridgehead atoms. The van der Waals surface area contributed by atoms with Gasteiger partial charge in [0, 0.05) is 6.20 Å². The van der Waals surface area contributed by atoms with E-state index in [0.717, 1.165) is 22.2 Å². The number of aromatic nitrogens is 4. The number of hydrogen-bond donors (Lipinski definition) is 0. The lowest BCUT2D eigenvalue weighted by atomic mass is 10.4. The molecule has 2 rings (SSSR count). The standard InChI is InChI=1S/C9H7F3N4O2S/c1-2-18-7(17)6-14-15-8(19-6)16-4-5(3-13-16)9(10,11)12/h3-4H,2H2,1H3. The molecule has 0 aliphatic carbocycles. The summed E-state index contributed by atoms with van der Waals surface area (Å²) in [5.74, 6) is -0.672. The van der Waals surface area contributed by atoms with E-state index in [1.807, 2.05) is 0 Å². The van der Waals surface area contributed by atoms with Crippen molar-refractivity contribution in [3.05, 3.63) is 23.0 Å². The Labute approximate surface area is 108 Å². The largest absolute Gasteiger partial charge is 0.461 e. The van der Waals surface area contributed by atoms with Crippen LogP contribution in [0.3, 0.4) is 0 Å². The maximum Gasteiger partial charge on any atom is 0.419 e. The van der Waals surface area contributed by atoms with Crippen molar-refractivity contribution in [1.29, 1.82) is 0 Å². The van der Waals surface area contributed by atoms with E-state index >= 15 is 0 Å². The van der Waals surface area contributed by atoms with E-state index < -0.39 is 17.7 Å². The van der Waals surface area contributed by atoms with E-state index in [9.17, 15) is 18.0 Å². The minimum absolute atomic E-state index is 0.0408. The lowest BCUT2D eigenvalue weighted by Crippen LogP contribution is -2.03. The van der Waals surface area contributed by atoms with Gasteiger partial charge in [-0.15, -0.1) is 10.2 Å². The smallest absolute Gasteiger partial charge is 0.419 e. The van der Waals surface area contributed by atoms with Gasteiger partial charge >= 0.3 is 12.1 Å². The second-order valence-corrected chi connectivity index (χ2v) is 4.24. The van der Waals surface area contributed by atoms with Gasteiger partial charge in [0.1, 0.15) is 0 Å². The number of halogens is 3. The first kappa shape index (κ1) is 13.5. The zero-order valence-corrected chi connectivity index (χ0v) is 10.3. The van der Waals surface area contributed by atoms with Gasteiger partial charge in [0.2, 0.25) is 10.1 Å². The summed E-state index contributed by atoms with van der Waals surface area (Å²) in [4.78, 5) is 11.3. The van der Waals surface area contributed by atoms with E-state index in [4.69, 9.17) is 4.74 Å². The SMILES string of the molecule is CCOC(=O)c1nnc(-n2cc(C(F)(F)F)cn2)s1. The van der Waals surface area contributed by atoms with Crippen molar-refractivity contribution in [1.82, 2.24) is 20.0 Å². The Kier molecular flexibility index (Phi) is 3.51. The number of rotatable bonds is 3. The van der Waals surface area contributed by atoms with Crippen LogP contribution in [0, 0.1) is 0 Å². The third-order valence-electron chi connectivity index (χ3n) is 1.97. The first-order chi connectivity index (χ1) is 8.91. The van der Waals surface area contributed by atoms with Crippen LogP contribution in [0.15, 0.2) is 12.4 Å². The van der Waals surface area contributed by atoms with Gasteiger partial charge in [-0.3, -0.25) is 0 Å². The number of ether oxygens (including phenoxy) is 1. The van der Waals surface area contributed by atoms with Crippen molar-refractivity contribution in [2.75, 3.05) is 6.61 Å². The summed E-state index contributed by atoms with van der Waals surface area (Å²) in [6.45, 7) is 1.80. The van der Waals surface area contributed by atoms with Crippen molar-refractivity contribution in [3.8, 4) is 5.13 Å². The number of carbonyl (C=O) groups excluding carboxylic acids is 1. The van der Waals surface area contributed by atoms with Gasteiger partial charge < -0.3 is 4.74 Å². The molecule has 0 saturated carbocycles. The molecule has 10 heteroatoms. The third kappa shape index (κ3) is 2.89. The minimum Gasteiger partial charge on any atom is -0.461 e. The van der Waals surface area contributed by atoms with E-state index in [1.165, 1.54) is 0 Å². The number of nitrogens with zero attached hydrogens (tertiary/aromatic N) is 4. The van der Waals surface area contributed by atoms with Crippen LogP contribution < -0.4 is 0 Å². The first-order valence-corrected chi connectivity index (χ1v) is 5.86. The first-order valence-electron chi connectivity index (χ1n) is 5.04. The van der Waals surface area contributed by atoms with Gasteiger partial charge in [0.25, 0.3) is 0 Å². The van der Waals surface area contributed by atoms with Crippen LogP contribution in [0.25, 0.3) is 5.13 Å². The Bertz CT molecular complexity index is 592. The summed E-state index contributed by atoms with van der Waals surface area (Å²) in [6.07, 6.45) is -3.03. The number of hydrogen-bond acceptors (Lipinski definition) is 6. The second kappa shape index (κ2) is 4.96. The molecule has 102 valence electrons. The third-order valence-corrected chi connectivity index (χ3v) is 2.86. The maximum atomic E-state index is 12.4. The molecule has 0 radical (unpaired) electrons. The monoisotopic (exact) mass is 292 g/mol. The maximum absolute atomic E-state index is 12.4.